The lowest BCUT2D eigenvalue weighted by Crippen LogP contribution is -2.03. The van der Waals surface area contributed by atoms with Gasteiger partial charge in [-0.2, -0.15) is 0 Å². The molecule has 1 aromatic carbocycles. The Balaban J connectivity index is 2.65. The van der Waals surface area contributed by atoms with E-state index in [2.05, 4.69) is 6.92 Å². The number of unbranched alkanes of at least 4 members (excludes halogenated alkanes) is 4. The summed E-state index contributed by atoms with van der Waals surface area (Å²) in [7, 11) is 2.96. The van der Waals surface area contributed by atoms with Gasteiger partial charge in [0.25, 0.3) is 0 Å². The first-order valence-electron chi connectivity index (χ1n) is 7.23. The molecule has 0 aliphatic rings. The molecule has 0 fully saturated rings. The van der Waals surface area contributed by atoms with Crippen LogP contribution in [0.2, 0.25) is 0 Å². The Morgan fingerprint density at radius 3 is 2.25 bits per heavy atom. The maximum atomic E-state index is 13.9. The maximum Gasteiger partial charge on any atom is 0.163 e. The molecule has 20 heavy (non-hydrogen) atoms. The Kier molecular flexibility index (Phi) is 7.37. The summed E-state index contributed by atoms with van der Waals surface area (Å²) in [5.74, 6) is 0.321. The summed E-state index contributed by atoms with van der Waals surface area (Å²) >= 11 is 0. The second-order valence-electron chi connectivity index (χ2n) is 4.95. The lowest BCUT2D eigenvalue weighted by atomic mass is 10.0. The highest BCUT2D eigenvalue weighted by atomic mass is 19.1. The molecular formula is C16H25FO3. The molecule has 0 aliphatic carbocycles. The van der Waals surface area contributed by atoms with Gasteiger partial charge >= 0.3 is 0 Å². The molecule has 0 spiro atoms. The fourth-order valence-corrected chi connectivity index (χ4v) is 2.22. The molecule has 1 atom stereocenters. The zero-order valence-electron chi connectivity index (χ0n) is 12.6. The highest BCUT2D eigenvalue weighted by Crippen LogP contribution is 2.33. The van der Waals surface area contributed by atoms with Crippen molar-refractivity contribution in [2.75, 3.05) is 14.2 Å². The molecule has 0 aliphatic heterocycles. The molecule has 4 heteroatoms. The zero-order chi connectivity index (χ0) is 15.0. The van der Waals surface area contributed by atoms with Crippen molar-refractivity contribution < 1.29 is 19.0 Å². The Morgan fingerprint density at radius 2 is 1.65 bits per heavy atom. The predicted molar refractivity (Wildman–Crippen MR) is 77.8 cm³/mol. The minimum Gasteiger partial charge on any atom is -0.493 e. The molecule has 0 radical (unpaired) electrons. The number of rotatable bonds is 9. The van der Waals surface area contributed by atoms with E-state index < -0.39 is 11.9 Å². The first-order valence-corrected chi connectivity index (χ1v) is 7.23. The third-order valence-corrected chi connectivity index (χ3v) is 3.44. The van der Waals surface area contributed by atoms with Crippen LogP contribution in [-0.4, -0.2) is 19.3 Å². The highest BCUT2D eigenvalue weighted by Gasteiger charge is 2.17. The highest BCUT2D eigenvalue weighted by molar-refractivity contribution is 5.44. The second kappa shape index (κ2) is 8.80. The van der Waals surface area contributed by atoms with Gasteiger partial charge in [-0.15, -0.1) is 0 Å². The summed E-state index contributed by atoms with van der Waals surface area (Å²) in [4.78, 5) is 0. The molecule has 114 valence electrons. The topological polar surface area (TPSA) is 38.7 Å². The summed E-state index contributed by atoms with van der Waals surface area (Å²) in [5, 5.41) is 10.1. The largest absolute Gasteiger partial charge is 0.493 e. The Labute approximate surface area is 120 Å². The van der Waals surface area contributed by atoms with E-state index in [1.54, 1.807) is 0 Å². The summed E-state index contributed by atoms with van der Waals surface area (Å²) in [6.45, 7) is 2.16. The van der Waals surface area contributed by atoms with Crippen molar-refractivity contribution in [1.29, 1.82) is 0 Å². The Hall–Kier alpha value is -1.29. The van der Waals surface area contributed by atoms with Crippen LogP contribution in [0.15, 0.2) is 12.1 Å². The fourth-order valence-electron chi connectivity index (χ4n) is 2.22. The molecule has 3 nitrogen and oxygen atoms in total. The number of hydrogen-bond donors (Lipinski definition) is 1. The molecule has 0 saturated carbocycles. The van der Waals surface area contributed by atoms with E-state index in [1.165, 1.54) is 39.2 Å². The first-order chi connectivity index (χ1) is 9.63. The van der Waals surface area contributed by atoms with Gasteiger partial charge in [0.1, 0.15) is 5.82 Å². The monoisotopic (exact) mass is 284 g/mol. The summed E-state index contributed by atoms with van der Waals surface area (Å²) in [6, 6.07) is 2.78. The van der Waals surface area contributed by atoms with E-state index in [4.69, 9.17) is 9.47 Å². The van der Waals surface area contributed by atoms with Crippen molar-refractivity contribution in [2.45, 2.75) is 51.6 Å². The molecule has 1 unspecified atom stereocenters. The van der Waals surface area contributed by atoms with Gasteiger partial charge < -0.3 is 14.6 Å². The number of methoxy groups -OCH3 is 2. The number of ether oxygens (including phenoxy) is 2. The van der Waals surface area contributed by atoms with E-state index in [0.29, 0.717) is 17.9 Å². The molecule has 0 heterocycles. The van der Waals surface area contributed by atoms with Gasteiger partial charge in [-0.1, -0.05) is 39.0 Å². The molecule has 0 saturated heterocycles. The number of halogens is 1. The van der Waals surface area contributed by atoms with Gasteiger partial charge in [0.15, 0.2) is 11.5 Å². The van der Waals surface area contributed by atoms with Crippen LogP contribution < -0.4 is 9.47 Å². The van der Waals surface area contributed by atoms with Crippen molar-refractivity contribution in [3.8, 4) is 11.5 Å². The lowest BCUT2D eigenvalue weighted by molar-refractivity contribution is 0.158. The maximum absolute atomic E-state index is 13.9. The van der Waals surface area contributed by atoms with Gasteiger partial charge in [-0.25, -0.2) is 4.39 Å². The predicted octanol–water partition coefficient (Wildman–Crippen LogP) is 4.24. The smallest absolute Gasteiger partial charge is 0.163 e. The van der Waals surface area contributed by atoms with E-state index >= 15 is 0 Å². The summed E-state index contributed by atoms with van der Waals surface area (Å²) < 4.78 is 24.1. The average Bonchev–Trinajstić information content (AvgIpc) is 2.46. The number of benzene rings is 1. The average molecular weight is 284 g/mol. The summed E-state index contributed by atoms with van der Waals surface area (Å²) in [6.07, 6.45) is 5.30. The quantitative estimate of drug-likeness (QED) is 0.689. The molecule has 0 aromatic heterocycles. The molecule has 1 aromatic rings. The van der Waals surface area contributed by atoms with Crippen molar-refractivity contribution >= 4 is 0 Å². The van der Waals surface area contributed by atoms with Crippen LogP contribution in [0.1, 0.15) is 57.1 Å². The SMILES string of the molecule is CCCCCCCC(O)c1cc(OC)c(OC)cc1F. The van der Waals surface area contributed by atoms with Crippen LogP contribution in [-0.2, 0) is 0 Å². The Bertz CT molecular complexity index is 407. The van der Waals surface area contributed by atoms with Gasteiger partial charge in [0.05, 0.1) is 20.3 Å². The van der Waals surface area contributed by atoms with E-state index in [0.717, 1.165) is 19.3 Å². The molecular weight excluding hydrogens is 259 g/mol. The van der Waals surface area contributed by atoms with E-state index in [1.807, 2.05) is 0 Å². The fraction of sp³-hybridized carbons (Fsp3) is 0.625. The van der Waals surface area contributed by atoms with E-state index in [-0.39, 0.29) is 5.56 Å². The molecule has 0 amide bonds. The number of aliphatic hydroxyl groups excluding tert-OH is 1. The molecule has 0 bridgehead atoms. The minimum absolute atomic E-state index is 0.276. The van der Waals surface area contributed by atoms with Crippen LogP contribution in [0.5, 0.6) is 11.5 Å². The van der Waals surface area contributed by atoms with Crippen LogP contribution in [0, 0.1) is 5.82 Å². The van der Waals surface area contributed by atoms with Gasteiger partial charge in [0.2, 0.25) is 0 Å². The third kappa shape index (κ3) is 4.67. The van der Waals surface area contributed by atoms with Crippen LogP contribution in [0.4, 0.5) is 4.39 Å². The van der Waals surface area contributed by atoms with Crippen LogP contribution in [0.25, 0.3) is 0 Å². The summed E-state index contributed by atoms with van der Waals surface area (Å²) in [5.41, 5.74) is 0.276. The first kappa shape index (κ1) is 16.8. The molecule has 1 N–H and O–H groups in total. The Morgan fingerprint density at radius 1 is 1.05 bits per heavy atom. The number of hydrogen-bond acceptors (Lipinski definition) is 3. The third-order valence-electron chi connectivity index (χ3n) is 3.44. The van der Waals surface area contributed by atoms with Crippen LogP contribution >= 0.6 is 0 Å². The van der Waals surface area contributed by atoms with Gasteiger partial charge in [-0.05, 0) is 12.5 Å². The van der Waals surface area contributed by atoms with Crippen molar-refractivity contribution in [1.82, 2.24) is 0 Å². The minimum atomic E-state index is -0.795. The number of aliphatic hydroxyl groups is 1. The van der Waals surface area contributed by atoms with Gasteiger partial charge in [0, 0.05) is 11.6 Å². The lowest BCUT2D eigenvalue weighted by Gasteiger charge is -2.15. The van der Waals surface area contributed by atoms with E-state index in [9.17, 15) is 9.50 Å². The van der Waals surface area contributed by atoms with Crippen molar-refractivity contribution in [3.05, 3.63) is 23.5 Å². The zero-order valence-corrected chi connectivity index (χ0v) is 12.6. The molecule has 1 rings (SSSR count). The normalized spacial score (nSPS) is 12.2. The van der Waals surface area contributed by atoms with Gasteiger partial charge in [-0.3, -0.25) is 0 Å². The van der Waals surface area contributed by atoms with Crippen molar-refractivity contribution in [2.24, 2.45) is 0 Å². The standard InChI is InChI=1S/C16H25FO3/c1-4-5-6-7-8-9-14(18)12-10-15(19-2)16(20-3)11-13(12)17/h10-11,14,18H,4-9H2,1-3H3. The van der Waals surface area contributed by atoms with Crippen LogP contribution in [0.3, 0.4) is 0 Å². The second-order valence-corrected chi connectivity index (χ2v) is 4.95. The van der Waals surface area contributed by atoms with Crippen molar-refractivity contribution in [3.63, 3.8) is 0 Å².